The molecule has 1 aromatic rings. The molecule has 1 N–H and O–H groups in total. The van der Waals surface area contributed by atoms with Crippen molar-refractivity contribution in [3.05, 3.63) is 0 Å². The van der Waals surface area contributed by atoms with Crippen LogP contribution in [0.25, 0.3) is 0 Å². The summed E-state index contributed by atoms with van der Waals surface area (Å²) in [7, 11) is 0. The van der Waals surface area contributed by atoms with Gasteiger partial charge in [-0.05, 0) is 0 Å². The van der Waals surface area contributed by atoms with Crippen LogP contribution in [0.15, 0.2) is 9.45 Å². The van der Waals surface area contributed by atoms with Gasteiger partial charge < -0.3 is 0 Å². The van der Waals surface area contributed by atoms with Gasteiger partial charge in [-0.25, -0.2) is 5.53 Å². The van der Waals surface area contributed by atoms with Crippen molar-refractivity contribution in [2.24, 2.45) is 5.11 Å². The Balaban J connectivity index is 3.00. The molecule has 0 fully saturated rings. The average Bonchev–Trinajstić information content (AvgIpc) is 2.14. The number of nitrogens with zero attached hydrogens (tertiary/aromatic N) is 3. The lowest BCUT2D eigenvalue weighted by molar-refractivity contribution is 0.985. The molecule has 0 aromatic carbocycles. The summed E-state index contributed by atoms with van der Waals surface area (Å²) in [6.45, 7) is 0. The Bertz CT molecular complexity index is 194. The summed E-state index contributed by atoms with van der Waals surface area (Å²) in [6.07, 6.45) is 0. The summed E-state index contributed by atoms with van der Waals surface area (Å²) in [5.41, 5.74) is 6.46. The highest BCUT2D eigenvalue weighted by Crippen LogP contribution is 2.19. The number of aromatic nitrogens is 2. The molecule has 0 aliphatic rings. The third kappa shape index (κ3) is 1.01. The van der Waals surface area contributed by atoms with Gasteiger partial charge in [-0.2, -0.15) is 0 Å². The zero-order valence-electron chi connectivity index (χ0n) is 3.70. The van der Waals surface area contributed by atoms with E-state index in [-0.39, 0.29) is 0 Å². The molecule has 42 valence electrons. The fourth-order valence-corrected chi connectivity index (χ4v) is 0.915. The molecule has 0 atom stereocenters. The smallest absolute Gasteiger partial charge is 0.202 e. The van der Waals surface area contributed by atoms with E-state index in [0.29, 0.717) is 9.47 Å². The molecule has 0 unspecified atom stereocenters. The maximum atomic E-state index is 6.46. The van der Waals surface area contributed by atoms with Crippen molar-refractivity contribution >= 4 is 29.1 Å². The molecule has 0 saturated heterocycles. The highest BCUT2D eigenvalue weighted by atomic mass is 32.2. The summed E-state index contributed by atoms with van der Waals surface area (Å²) in [4.78, 5) is 0. The fourth-order valence-electron chi connectivity index (χ4n) is 0.253. The predicted octanol–water partition coefficient (Wildman–Crippen LogP) is 1.49. The van der Waals surface area contributed by atoms with Gasteiger partial charge in [0.25, 0.3) is 5.13 Å². The van der Waals surface area contributed by atoms with Gasteiger partial charge in [0.2, 0.25) is 0 Å². The Hall–Kier alpha value is -0.490. The minimum absolute atomic E-state index is 0.343. The van der Waals surface area contributed by atoms with Gasteiger partial charge in [-0.1, -0.05) is 11.3 Å². The minimum atomic E-state index is 0.343. The van der Waals surface area contributed by atoms with Gasteiger partial charge in [0.15, 0.2) is 4.34 Å². The molecule has 0 aliphatic carbocycles. The Kier molecular flexibility index (Phi) is 1.54. The van der Waals surface area contributed by atoms with Crippen molar-refractivity contribution in [2.75, 3.05) is 0 Å². The van der Waals surface area contributed by atoms with Crippen molar-refractivity contribution in [3.63, 3.8) is 0 Å². The van der Waals surface area contributed by atoms with Gasteiger partial charge in [0.1, 0.15) is 0 Å². The van der Waals surface area contributed by atoms with Crippen LogP contribution in [0.1, 0.15) is 0 Å². The van der Waals surface area contributed by atoms with Gasteiger partial charge in [0.05, 0.1) is 0 Å². The van der Waals surface area contributed by atoms with E-state index in [1.807, 2.05) is 0 Å². The van der Waals surface area contributed by atoms with Crippen LogP contribution < -0.4 is 0 Å². The van der Waals surface area contributed by atoms with E-state index in [9.17, 15) is 0 Å². The van der Waals surface area contributed by atoms with Crippen molar-refractivity contribution in [2.45, 2.75) is 4.34 Å². The number of thiol groups is 1. The molecule has 1 aromatic heterocycles. The molecule has 0 amide bonds. The molecule has 4 nitrogen and oxygen atoms in total. The molecule has 0 bridgehead atoms. The second kappa shape index (κ2) is 2.19. The third-order valence-corrected chi connectivity index (χ3v) is 1.48. The summed E-state index contributed by atoms with van der Waals surface area (Å²) in [5, 5.41) is 10.4. The van der Waals surface area contributed by atoms with E-state index in [0.717, 1.165) is 0 Å². The molecule has 0 spiro atoms. The molecule has 0 radical (unpaired) electrons. The van der Waals surface area contributed by atoms with Crippen LogP contribution in [0.3, 0.4) is 0 Å². The molecule has 1 rings (SSSR count). The van der Waals surface area contributed by atoms with Crippen LogP contribution in [0, 0.1) is 5.53 Å². The maximum Gasteiger partial charge on any atom is 0.251 e. The zero-order valence-corrected chi connectivity index (χ0v) is 5.41. The Morgan fingerprint density at radius 3 is 2.62 bits per heavy atom. The lowest BCUT2D eigenvalue weighted by atomic mass is 11.3. The molecule has 6 heteroatoms. The standard InChI is InChI=1S/C2H2N4S2/c3-4-1-5-6-2(7)8-1/h3H,(H,6,7). The van der Waals surface area contributed by atoms with Crippen LogP contribution in [-0.4, -0.2) is 10.2 Å². The quantitative estimate of drug-likeness (QED) is 0.465. The van der Waals surface area contributed by atoms with E-state index in [2.05, 4.69) is 27.9 Å². The molecular formula is C2H2N4S2. The molecule has 0 saturated carbocycles. The highest BCUT2D eigenvalue weighted by molar-refractivity contribution is 7.82. The predicted molar refractivity (Wildman–Crippen MR) is 32.0 cm³/mol. The van der Waals surface area contributed by atoms with Crippen LogP contribution in [-0.2, 0) is 0 Å². The molecule has 0 aliphatic heterocycles. The topological polar surface area (TPSA) is 62.0 Å². The summed E-state index contributed by atoms with van der Waals surface area (Å²) >= 11 is 5.04. The average molecular weight is 146 g/mol. The van der Waals surface area contributed by atoms with E-state index >= 15 is 0 Å². The van der Waals surface area contributed by atoms with Crippen molar-refractivity contribution in [3.8, 4) is 0 Å². The van der Waals surface area contributed by atoms with Gasteiger partial charge >= 0.3 is 0 Å². The van der Waals surface area contributed by atoms with E-state index in [4.69, 9.17) is 5.53 Å². The molecular weight excluding hydrogens is 144 g/mol. The Morgan fingerprint density at radius 2 is 2.38 bits per heavy atom. The van der Waals surface area contributed by atoms with Gasteiger partial charge in [0, 0.05) is 0 Å². The SMILES string of the molecule is N=Nc1nnc(S)s1. The summed E-state index contributed by atoms with van der Waals surface area (Å²) in [6, 6.07) is 0. The summed E-state index contributed by atoms with van der Waals surface area (Å²) in [5.74, 6) is 0. The first-order chi connectivity index (χ1) is 3.83. The van der Waals surface area contributed by atoms with Crippen molar-refractivity contribution in [1.82, 2.24) is 10.2 Å². The van der Waals surface area contributed by atoms with Crippen LogP contribution in [0.4, 0.5) is 5.13 Å². The highest BCUT2D eigenvalue weighted by Gasteiger charge is 1.94. The van der Waals surface area contributed by atoms with E-state index in [1.54, 1.807) is 0 Å². The first-order valence-electron chi connectivity index (χ1n) is 1.73. The first kappa shape index (κ1) is 5.64. The first-order valence-corrected chi connectivity index (χ1v) is 2.99. The monoisotopic (exact) mass is 146 g/mol. The maximum absolute atomic E-state index is 6.46. The van der Waals surface area contributed by atoms with Gasteiger partial charge in [-0.3, -0.25) is 0 Å². The van der Waals surface area contributed by atoms with Crippen LogP contribution >= 0.6 is 24.0 Å². The Morgan fingerprint density at radius 1 is 1.62 bits per heavy atom. The number of hydrogen-bond acceptors (Lipinski definition) is 6. The Labute approximate surface area is 54.9 Å². The summed E-state index contributed by atoms with van der Waals surface area (Å²) < 4.78 is 0.538. The lowest BCUT2D eigenvalue weighted by Crippen LogP contribution is -1.62. The molecule has 8 heavy (non-hydrogen) atoms. The van der Waals surface area contributed by atoms with Crippen molar-refractivity contribution < 1.29 is 0 Å². The molecule has 1 heterocycles. The van der Waals surface area contributed by atoms with E-state index in [1.165, 1.54) is 11.3 Å². The second-order valence-electron chi connectivity index (χ2n) is 0.979. The second-order valence-corrected chi connectivity index (χ2v) is 2.66. The third-order valence-electron chi connectivity index (χ3n) is 0.499. The van der Waals surface area contributed by atoms with Crippen LogP contribution in [0.5, 0.6) is 0 Å². The van der Waals surface area contributed by atoms with E-state index < -0.39 is 0 Å². The zero-order chi connectivity index (χ0) is 5.98. The van der Waals surface area contributed by atoms with Gasteiger partial charge in [-0.15, -0.1) is 27.9 Å². The number of hydrogen-bond donors (Lipinski definition) is 2. The lowest BCUT2D eigenvalue weighted by Gasteiger charge is -1.66. The number of rotatable bonds is 1. The van der Waals surface area contributed by atoms with Crippen molar-refractivity contribution in [1.29, 1.82) is 5.53 Å². The van der Waals surface area contributed by atoms with Crippen LogP contribution in [0.2, 0.25) is 0 Å². The largest absolute Gasteiger partial charge is 0.251 e. The number of nitrogens with one attached hydrogen (secondary N) is 1. The minimum Gasteiger partial charge on any atom is -0.202 e. The normalized spacial score (nSPS) is 9.12. The fraction of sp³-hybridized carbons (Fsp3) is 0.